The molecule has 2 rings (SSSR count). The maximum atomic E-state index is 14.3. The van der Waals surface area contributed by atoms with Crippen molar-refractivity contribution in [2.75, 3.05) is 7.11 Å². The monoisotopic (exact) mass is 324 g/mol. The second kappa shape index (κ2) is 7.50. The Morgan fingerprint density at radius 1 is 0.955 bits per heavy atom. The molecule has 5 heteroatoms. The molecule has 0 aromatic carbocycles. The molecule has 4 atom stereocenters. The van der Waals surface area contributed by atoms with Gasteiger partial charge in [-0.1, -0.05) is 12.8 Å². The predicted octanol–water partition coefficient (Wildman–Crippen LogP) is 5.33. The Bertz CT molecular complexity index is 336. The molecule has 0 N–H and O–H groups in total. The molecule has 2 saturated carbocycles. The molecule has 0 radical (unpaired) electrons. The zero-order chi connectivity index (χ0) is 16.3. The third-order valence-corrected chi connectivity index (χ3v) is 5.64. The van der Waals surface area contributed by atoms with Crippen LogP contribution in [0.5, 0.6) is 0 Å². The number of methoxy groups -OCH3 is 1. The van der Waals surface area contributed by atoms with Crippen molar-refractivity contribution < 1.29 is 22.3 Å². The van der Waals surface area contributed by atoms with Gasteiger partial charge in [-0.2, -0.15) is 0 Å². The molecule has 0 bridgehead atoms. The van der Waals surface area contributed by atoms with Crippen molar-refractivity contribution in [3.63, 3.8) is 0 Å². The van der Waals surface area contributed by atoms with E-state index in [4.69, 9.17) is 4.74 Å². The topological polar surface area (TPSA) is 9.23 Å². The fourth-order valence-corrected chi connectivity index (χ4v) is 4.22. The van der Waals surface area contributed by atoms with Crippen molar-refractivity contribution in [3.05, 3.63) is 0 Å². The lowest BCUT2D eigenvalue weighted by Gasteiger charge is -2.41. The van der Waals surface area contributed by atoms with E-state index in [9.17, 15) is 17.6 Å². The lowest BCUT2D eigenvalue weighted by atomic mass is 9.68. The van der Waals surface area contributed by atoms with Gasteiger partial charge in [-0.05, 0) is 56.8 Å². The molecule has 1 nitrogen and oxygen atoms in total. The van der Waals surface area contributed by atoms with Crippen molar-refractivity contribution in [1.29, 1.82) is 0 Å². The van der Waals surface area contributed by atoms with E-state index in [2.05, 4.69) is 0 Å². The van der Waals surface area contributed by atoms with Gasteiger partial charge in [0.2, 0.25) is 5.92 Å². The van der Waals surface area contributed by atoms with Crippen LogP contribution in [0.15, 0.2) is 0 Å². The Labute approximate surface area is 130 Å². The van der Waals surface area contributed by atoms with Gasteiger partial charge in [0.1, 0.15) is 6.17 Å². The van der Waals surface area contributed by atoms with Crippen LogP contribution in [-0.2, 0) is 4.74 Å². The Morgan fingerprint density at radius 3 is 2.14 bits per heavy atom. The van der Waals surface area contributed by atoms with Gasteiger partial charge in [0.25, 0.3) is 0 Å². The summed E-state index contributed by atoms with van der Waals surface area (Å²) in [6.45, 7) is 0.960. The van der Waals surface area contributed by atoms with Crippen LogP contribution in [0.3, 0.4) is 0 Å². The highest BCUT2D eigenvalue weighted by Gasteiger charge is 2.44. The Balaban J connectivity index is 1.79. The Hall–Kier alpha value is -0.320. The third kappa shape index (κ3) is 4.59. The zero-order valence-electron chi connectivity index (χ0n) is 13.5. The van der Waals surface area contributed by atoms with Crippen molar-refractivity contribution >= 4 is 0 Å². The molecule has 2 aliphatic carbocycles. The van der Waals surface area contributed by atoms with Crippen LogP contribution in [0.4, 0.5) is 17.6 Å². The number of halogens is 4. The van der Waals surface area contributed by atoms with E-state index in [-0.39, 0.29) is 18.3 Å². The second-order valence-electron chi connectivity index (χ2n) is 7.29. The first-order valence-corrected chi connectivity index (χ1v) is 8.50. The molecule has 2 fully saturated rings. The Morgan fingerprint density at radius 2 is 1.59 bits per heavy atom. The highest BCUT2D eigenvalue weighted by molar-refractivity contribution is 4.93. The van der Waals surface area contributed by atoms with Gasteiger partial charge >= 0.3 is 0 Å². The zero-order valence-corrected chi connectivity index (χ0v) is 13.5. The molecule has 4 unspecified atom stereocenters. The van der Waals surface area contributed by atoms with Crippen LogP contribution in [0.2, 0.25) is 0 Å². The summed E-state index contributed by atoms with van der Waals surface area (Å²) in [5.74, 6) is -2.31. The van der Waals surface area contributed by atoms with Gasteiger partial charge in [-0.15, -0.1) is 0 Å². The maximum Gasteiger partial charge on any atom is 0.245 e. The van der Waals surface area contributed by atoms with E-state index in [0.29, 0.717) is 25.2 Å². The summed E-state index contributed by atoms with van der Waals surface area (Å²) in [4.78, 5) is 0. The van der Waals surface area contributed by atoms with Gasteiger partial charge in [0.05, 0.1) is 6.10 Å². The molecular formula is C17H28F4O. The average molecular weight is 324 g/mol. The number of alkyl halides is 4. The van der Waals surface area contributed by atoms with Crippen LogP contribution < -0.4 is 0 Å². The highest BCUT2D eigenvalue weighted by Crippen LogP contribution is 2.43. The lowest BCUT2D eigenvalue weighted by molar-refractivity contribution is -0.0724. The normalized spacial score (nSPS) is 40.6. The smallest absolute Gasteiger partial charge is 0.245 e. The van der Waals surface area contributed by atoms with Crippen molar-refractivity contribution in [1.82, 2.24) is 0 Å². The van der Waals surface area contributed by atoms with E-state index in [1.165, 1.54) is 7.11 Å². The fourth-order valence-electron chi connectivity index (χ4n) is 4.22. The van der Waals surface area contributed by atoms with Crippen LogP contribution in [-0.4, -0.2) is 31.5 Å². The second-order valence-corrected chi connectivity index (χ2v) is 7.29. The molecule has 0 spiro atoms. The quantitative estimate of drug-likeness (QED) is 0.621. The molecule has 0 heterocycles. The van der Waals surface area contributed by atoms with Crippen LogP contribution in [0, 0.1) is 17.8 Å². The van der Waals surface area contributed by atoms with Gasteiger partial charge in [0.15, 0.2) is 6.17 Å². The predicted molar refractivity (Wildman–Crippen MR) is 78.6 cm³/mol. The first-order chi connectivity index (χ1) is 10.3. The lowest BCUT2D eigenvalue weighted by Crippen LogP contribution is -2.45. The standard InChI is InChI=1S/C17H28F4O/c1-17(20,21)10-9-11-3-5-12(6-4-11)13-7-8-14(22-2)16(19)15(13)18/h11-16H,3-10H2,1-2H3. The summed E-state index contributed by atoms with van der Waals surface area (Å²) in [5.41, 5.74) is 0. The third-order valence-electron chi connectivity index (χ3n) is 5.64. The molecule has 2 aliphatic rings. The SMILES string of the molecule is COC1CCC(C2CCC(CCC(C)(F)F)CC2)C(F)C1F. The van der Waals surface area contributed by atoms with Crippen molar-refractivity contribution in [3.8, 4) is 0 Å². The van der Waals surface area contributed by atoms with E-state index in [0.717, 1.165) is 32.6 Å². The van der Waals surface area contributed by atoms with E-state index in [1.54, 1.807) is 0 Å². The Kier molecular flexibility index (Phi) is 6.14. The van der Waals surface area contributed by atoms with Crippen LogP contribution >= 0.6 is 0 Å². The van der Waals surface area contributed by atoms with Crippen LogP contribution in [0.1, 0.15) is 58.3 Å². The summed E-state index contributed by atoms with van der Waals surface area (Å²) in [6.07, 6.45) is 1.55. The maximum absolute atomic E-state index is 14.3. The van der Waals surface area contributed by atoms with E-state index in [1.807, 2.05) is 0 Å². The summed E-state index contributed by atoms with van der Waals surface area (Å²) in [5, 5.41) is 0. The number of ether oxygens (including phenoxy) is 1. The summed E-state index contributed by atoms with van der Waals surface area (Å²) >= 11 is 0. The van der Waals surface area contributed by atoms with Gasteiger partial charge in [-0.3, -0.25) is 0 Å². The van der Waals surface area contributed by atoms with Gasteiger partial charge < -0.3 is 4.74 Å². The molecule has 0 aromatic heterocycles. The molecule has 22 heavy (non-hydrogen) atoms. The van der Waals surface area contributed by atoms with Crippen molar-refractivity contribution in [2.45, 2.75) is 82.7 Å². The first kappa shape index (κ1) is 18.0. The van der Waals surface area contributed by atoms with Crippen LogP contribution in [0.25, 0.3) is 0 Å². The van der Waals surface area contributed by atoms with E-state index >= 15 is 0 Å². The fraction of sp³-hybridized carbons (Fsp3) is 1.00. The average Bonchev–Trinajstić information content (AvgIpc) is 2.48. The van der Waals surface area contributed by atoms with Gasteiger partial charge in [0, 0.05) is 13.5 Å². The summed E-state index contributed by atoms with van der Waals surface area (Å²) < 4.78 is 59.1. The summed E-state index contributed by atoms with van der Waals surface area (Å²) in [7, 11) is 1.43. The minimum absolute atomic E-state index is 0.0699. The minimum Gasteiger partial charge on any atom is -0.378 e. The number of hydrogen-bond acceptors (Lipinski definition) is 1. The minimum atomic E-state index is -2.60. The molecule has 0 saturated heterocycles. The summed E-state index contributed by atoms with van der Waals surface area (Å²) in [6, 6.07) is 0. The first-order valence-electron chi connectivity index (χ1n) is 8.50. The van der Waals surface area contributed by atoms with Gasteiger partial charge in [-0.25, -0.2) is 17.6 Å². The largest absolute Gasteiger partial charge is 0.378 e. The van der Waals surface area contributed by atoms with E-state index < -0.39 is 24.4 Å². The number of rotatable bonds is 5. The molecule has 130 valence electrons. The molecule has 0 aromatic rings. The number of hydrogen-bond donors (Lipinski definition) is 0. The molecule has 0 aliphatic heterocycles. The highest BCUT2D eigenvalue weighted by atomic mass is 19.3. The molecule has 0 amide bonds. The van der Waals surface area contributed by atoms with Crippen molar-refractivity contribution in [2.24, 2.45) is 17.8 Å². The molecular weight excluding hydrogens is 296 g/mol.